The summed E-state index contributed by atoms with van der Waals surface area (Å²) in [5, 5.41) is 6.24. The van der Waals surface area contributed by atoms with Crippen LogP contribution in [0.25, 0.3) is 0 Å². The van der Waals surface area contributed by atoms with Gasteiger partial charge in [0, 0.05) is 18.8 Å². The highest BCUT2D eigenvalue weighted by Gasteiger charge is 2.10. The van der Waals surface area contributed by atoms with Crippen molar-refractivity contribution in [1.29, 1.82) is 0 Å². The first-order chi connectivity index (χ1) is 8.58. The van der Waals surface area contributed by atoms with Crippen molar-refractivity contribution in [3.8, 4) is 0 Å². The number of hydrogen-bond donors (Lipinski definition) is 2. The van der Waals surface area contributed by atoms with Crippen molar-refractivity contribution in [2.45, 2.75) is 26.8 Å². The topological polar surface area (TPSA) is 63.0 Å². The Morgan fingerprint density at radius 1 is 1.22 bits per heavy atom. The second-order valence-corrected chi connectivity index (χ2v) is 4.28. The van der Waals surface area contributed by atoms with E-state index in [1.165, 1.54) is 0 Å². The molecule has 1 atom stereocenters. The van der Waals surface area contributed by atoms with Crippen LogP contribution in [0, 0.1) is 13.8 Å². The number of rotatable bonds is 4. The summed E-state index contributed by atoms with van der Waals surface area (Å²) in [6.07, 6.45) is 0. The molecule has 0 saturated carbocycles. The van der Waals surface area contributed by atoms with E-state index in [2.05, 4.69) is 20.6 Å². The number of aromatic nitrogens is 2. The zero-order valence-corrected chi connectivity index (χ0v) is 11.1. The van der Waals surface area contributed by atoms with E-state index < -0.39 is 0 Å². The van der Waals surface area contributed by atoms with Crippen LogP contribution < -0.4 is 10.6 Å². The molecule has 0 saturated heterocycles. The second kappa shape index (κ2) is 5.08. The molecule has 0 fully saturated rings. The van der Waals surface area contributed by atoms with Gasteiger partial charge in [0.25, 0.3) is 0 Å². The minimum atomic E-state index is 0.0673. The van der Waals surface area contributed by atoms with E-state index >= 15 is 0 Å². The zero-order valence-electron chi connectivity index (χ0n) is 11.1. The molecule has 5 nitrogen and oxygen atoms in total. The van der Waals surface area contributed by atoms with Gasteiger partial charge in [0.05, 0.1) is 6.04 Å². The number of anilines is 2. The molecule has 96 valence electrons. The Kier molecular flexibility index (Phi) is 3.50. The van der Waals surface area contributed by atoms with Gasteiger partial charge in [-0.15, -0.1) is 0 Å². The SMILES string of the molecule is CNc1nc(C)cc(NC(C)c2ccc(C)o2)n1. The van der Waals surface area contributed by atoms with Crippen molar-refractivity contribution in [3.05, 3.63) is 35.4 Å². The maximum atomic E-state index is 5.58. The predicted octanol–water partition coefficient (Wildman–Crippen LogP) is 2.90. The molecule has 18 heavy (non-hydrogen) atoms. The lowest BCUT2D eigenvalue weighted by molar-refractivity contribution is 0.466. The summed E-state index contributed by atoms with van der Waals surface area (Å²) in [4.78, 5) is 8.60. The fraction of sp³-hybridized carbons (Fsp3) is 0.385. The molecule has 2 heterocycles. The van der Waals surface area contributed by atoms with Gasteiger partial charge >= 0.3 is 0 Å². The molecule has 1 unspecified atom stereocenters. The highest BCUT2D eigenvalue weighted by molar-refractivity contribution is 5.43. The van der Waals surface area contributed by atoms with Gasteiger partial charge in [-0.2, -0.15) is 4.98 Å². The van der Waals surface area contributed by atoms with Gasteiger partial charge in [0.15, 0.2) is 0 Å². The Balaban J connectivity index is 2.16. The highest BCUT2D eigenvalue weighted by Crippen LogP contribution is 2.20. The monoisotopic (exact) mass is 246 g/mol. The largest absolute Gasteiger partial charge is 0.464 e. The van der Waals surface area contributed by atoms with Gasteiger partial charge < -0.3 is 15.1 Å². The summed E-state index contributed by atoms with van der Waals surface area (Å²) in [6, 6.07) is 5.91. The molecule has 0 spiro atoms. The third kappa shape index (κ3) is 2.80. The first kappa shape index (κ1) is 12.4. The lowest BCUT2D eigenvalue weighted by atomic mass is 10.2. The van der Waals surface area contributed by atoms with Gasteiger partial charge in [-0.3, -0.25) is 0 Å². The third-order valence-corrected chi connectivity index (χ3v) is 2.63. The molecule has 0 aliphatic carbocycles. The maximum absolute atomic E-state index is 5.58. The molecule has 0 aliphatic heterocycles. The summed E-state index contributed by atoms with van der Waals surface area (Å²) in [6.45, 7) is 5.91. The van der Waals surface area contributed by atoms with E-state index in [0.717, 1.165) is 23.0 Å². The lowest BCUT2D eigenvalue weighted by Gasteiger charge is -2.13. The number of furan rings is 1. The Morgan fingerprint density at radius 3 is 2.61 bits per heavy atom. The molecule has 2 rings (SSSR count). The second-order valence-electron chi connectivity index (χ2n) is 4.28. The Bertz CT molecular complexity index is 536. The van der Waals surface area contributed by atoms with Crippen LogP contribution in [-0.4, -0.2) is 17.0 Å². The van der Waals surface area contributed by atoms with Gasteiger partial charge in [0.2, 0.25) is 5.95 Å². The molecule has 0 radical (unpaired) electrons. The predicted molar refractivity (Wildman–Crippen MR) is 71.8 cm³/mol. The van der Waals surface area contributed by atoms with Gasteiger partial charge in [-0.25, -0.2) is 4.98 Å². The minimum Gasteiger partial charge on any atom is -0.464 e. The number of nitrogens with one attached hydrogen (secondary N) is 2. The number of nitrogens with zero attached hydrogens (tertiary/aromatic N) is 2. The molecule has 2 aromatic heterocycles. The number of aryl methyl sites for hydroxylation is 2. The molecular formula is C13H18N4O. The number of hydrogen-bond acceptors (Lipinski definition) is 5. The third-order valence-electron chi connectivity index (χ3n) is 2.63. The van der Waals surface area contributed by atoms with Crippen molar-refractivity contribution in [2.75, 3.05) is 17.7 Å². The molecule has 2 aromatic rings. The van der Waals surface area contributed by atoms with E-state index in [-0.39, 0.29) is 6.04 Å². The van der Waals surface area contributed by atoms with Crippen LogP contribution in [0.4, 0.5) is 11.8 Å². The van der Waals surface area contributed by atoms with Crippen LogP contribution in [0.3, 0.4) is 0 Å². The van der Waals surface area contributed by atoms with E-state index in [1.807, 2.05) is 39.0 Å². The Hall–Kier alpha value is -2.04. The van der Waals surface area contributed by atoms with Crippen LogP contribution in [0.15, 0.2) is 22.6 Å². The standard InChI is InChI=1S/C13H18N4O/c1-8-7-12(17-13(14-4)15-8)16-10(3)11-6-5-9(2)18-11/h5-7,10H,1-4H3,(H2,14,15,16,17). The maximum Gasteiger partial charge on any atom is 0.224 e. The summed E-state index contributed by atoms with van der Waals surface area (Å²) in [5.41, 5.74) is 0.916. The van der Waals surface area contributed by atoms with Crippen LogP contribution in [0.2, 0.25) is 0 Å². The van der Waals surface area contributed by atoms with E-state index in [1.54, 1.807) is 7.05 Å². The van der Waals surface area contributed by atoms with Crippen LogP contribution in [0.1, 0.15) is 30.2 Å². The van der Waals surface area contributed by atoms with Crippen molar-refractivity contribution in [2.24, 2.45) is 0 Å². The van der Waals surface area contributed by atoms with Crippen molar-refractivity contribution in [1.82, 2.24) is 9.97 Å². The summed E-state index contributed by atoms with van der Waals surface area (Å²) >= 11 is 0. The first-order valence-electron chi connectivity index (χ1n) is 5.95. The van der Waals surface area contributed by atoms with Crippen LogP contribution >= 0.6 is 0 Å². The van der Waals surface area contributed by atoms with Gasteiger partial charge in [0.1, 0.15) is 17.3 Å². The quantitative estimate of drug-likeness (QED) is 0.868. The molecule has 0 aliphatic rings. The average Bonchev–Trinajstić information content (AvgIpc) is 2.75. The molecule has 0 amide bonds. The average molecular weight is 246 g/mol. The van der Waals surface area contributed by atoms with E-state index in [9.17, 15) is 0 Å². The fourth-order valence-corrected chi connectivity index (χ4v) is 1.73. The van der Waals surface area contributed by atoms with Crippen molar-refractivity contribution in [3.63, 3.8) is 0 Å². The molecular weight excluding hydrogens is 228 g/mol. The van der Waals surface area contributed by atoms with Crippen LogP contribution in [0.5, 0.6) is 0 Å². The zero-order chi connectivity index (χ0) is 13.1. The normalized spacial score (nSPS) is 12.2. The highest BCUT2D eigenvalue weighted by atomic mass is 16.3. The first-order valence-corrected chi connectivity index (χ1v) is 5.95. The fourth-order valence-electron chi connectivity index (χ4n) is 1.73. The molecule has 0 aromatic carbocycles. The van der Waals surface area contributed by atoms with Gasteiger partial charge in [-0.05, 0) is 32.9 Å². The Labute approximate surface area is 107 Å². The minimum absolute atomic E-state index is 0.0673. The van der Waals surface area contributed by atoms with E-state index in [4.69, 9.17) is 4.42 Å². The Morgan fingerprint density at radius 2 is 2.00 bits per heavy atom. The van der Waals surface area contributed by atoms with Crippen LogP contribution in [-0.2, 0) is 0 Å². The molecule has 5 heteroatoms. The van der Waals surface area contributed by atoms with E-state index in [0.29, 0.717) is 5.95 Å². The summed E-state index contributed by atoms with van der Waals surface area (Å²) < 4.78 is 5.58. The molecule has 0 bridgehead atoms. The smallest absolute Gasteiger partial charge is 0.224 e. The lowest BCUT2D eigenvalue weighted by Crippen LogP contribution is -2.09. The summed E-state index contributed by atoms with van der Waals surface area (Å²) in [5.74, 6) is 3.21. The van der Waals surface area contributed by atoms with Crippen molar-refractivity contribution < 1.29 is 4.42 Å². The van der Waals surface area contributed by atoms with Gasteiger partial charge in [-0.1, -0.05) is 0 Å². The molecule has 2 N–H and O–H groups in total. The summed E-state index contributed by atoms with van der Waals surface area (Å²) in [7, 11) is 1.80. The van der Waals surface area contributed by atoms with Crippen molar-refractivity contribution >= 4 is 11.8 Å².